The Morgan fingerprint density at radius 2 is 2.22 bits per heavy atom. The van der Waals surface area contributed by atoms with E-state index in [1.807, 2.05) is 0 Å². The van der Waals surface area contributed by atoms with Gasteiger partial charge >= 0.3 is 0 Å². The van der Waals surface area contributed by atoms with Crippen LogP contribution >= 0.6 is 11.6 Å². The van der Waals surface area contributed by atoms with E-state index in [-0.39, 0.29) is 11.1 Å². The van der Waals surface area contributed by atoms with Gasteiger partial charge in [-0.3, -0.25) is 4.79 Å². The minimum Gasteiger partial charge on any atom is -0.381 e. The van der Waals surface area contributed by atoms with Gasteiger partial charge < -0.3 is 10.1 Å². The standard InChI is InChI=1S/C13H19ClN2O2/c1-2-3-9-18-10-5-8-16-13(17)11-6-4-7-15-12(11)14/h4,6-7H,2-3,5,8-10H2,1H3,(H,16,17). The molecule has 1 rings (SSSR count). The molecule has 0 saturated carbocycles. The van der Waals surface area contributed by atoms with Crippen molar-refractivity contribution in [2.45, 2.75) is 26.2 Å². The number of hydrogen-bond acceptors (Lipinski definition) is 3. The Labute approximate surface area is 113 Å². The molecule has 0 aliphatic rings. The normalized spacial score (nSPS) is 10.3. The van der Waals surface area contributed by atoms with E-state index in [1.165, 1.54) is 0 Å². The second-order valence-electron chi connectivity index (χ2n) is 3.92. The maximum absolute atomic E-state index is 11.7. The van der Waals surface area contributed by atoms with E-state index in [2.05, 4.69) is 17.2 Å². The summed E-state index contributed by atoms with van der Waals surface area (Å²) in [7, 11) is 0. The molecule has 1 aromatic heterocycles. The fourth-order valence-corrected chi connectivity index (χ4v) is 1.58. The van der Waals surface area contributed by atoms with E-state index in [9.17, 15) is 4.79 Å². The molecule has 0 atom stereocenters. The van der Waals surface area contributed by atoms with Crippen LogP contribution < -0.4 is 5.32 Å². The predicted octanol–water partition coefficient (Wildman–Crippen LogP) is 2.67. The van der Waals surface area contributed by atoms with Crippen molar-refractivity contribution in [3.8, 4) is 0 Å². The van der Waals surface area contributed by atoms with Crippen LogP contribution in [-0.2, 0) is 4.74 Å². The van der Waals surface area contributed by atoms with Gasteiger partial charge in [-0.2, -0.15) is 0 Å². The molecule has 1 N–H and O–H groups in total. The van der Waals surface area contributed by atoms with Crippen molar-refractivity contribution < 1.29 is 9.53 Å². The molecule has 0 aliphatic heterocycles. The van der Waals surface area contributed by atoms with Crippen LogP contribution in [0.15, 0.2) is 18.3 Å². The first kappa shape index (κ1) is 14.9. The molecule has 100 valence electrons. The summed E-state index contributed by atoms with van der Waals surface area (Å²) in [6.07, 6.45) is 4.57. The Morgan fingerprint density at radius 3 is 2.94 bits per heavy atom. The third kappa shape index (κ3) is 5.47. The average molecular weight is 271 g/mol. The predicted molar refractivity (Wildman–Crippen MR) is 71.9 cm³/mol. The molecule has 4 nitrogen and oxygen atoms in total. The number of nitrogens with zero attached hydrogens (tertiary/aromatic N) is 1. The van der Waals surface area contributed by atoms with Gasteiger partial charge in [-0.1, -0.05) is 24.9 Å². The molecule has 0 aliphatic carbocycles. The third-order valence-electron chi connectivity index (χ3n) is 2.40. The number of pyridine rings is 1. The van der Waals surface area contributed by atoms with Gasteiger partial charge in [0.15, 0.2) is 0 Å². The van der Waals surface area contributed by atoms with Gasteiger partial charge in [0.25, 0.3) is 5.91 Å². The number of halogens is 1. The van der Waals surface area contributed by atoms with Gasteiger partial charge in [-0.25, -0.2) is 4.98 Å². The van der Waals surface area contributed by atoms with Crippen LogP contribution in [0, 0.1) is 0 Å². The van der Waals surface area contributed by atoms with Crippen molar-refractivity contribution in [2.24, 2.45) is 0 Å². The summed E-state index contributed by atoms with van der Waals surface area (Å²) < 4.78 is 5.40. The highest BCUT2D eigenvalue weighted by atomic mass is 35.5. The number of aromatic nitrogens is 1. The van der Waals surface area contributed by atoms with Crippen LogP contribution in [0.4, 0.5) is 0 Å². The Morgan fingerprint density at radius 1 is 1.44 bits per heavy atom. The summed E-state index contributed by atoms with van der Waals surface area (Å²) in [5.41, 5.74) is 0.408. The lowest BCUT2D eigenvalue weighted by Gasteiger charge is -2.06. The van der Waals surface area contributed by atoms with E-state index >= 15 is 0 Å². The lowest BCUT2D eigenvalue weighted by atomic mass is 10.2. The monoisotopic (exact) mass is 270 g/mol. The van der Waals surface area contributed by atoms with Crippen LogP contribution in [0.25, 0.3) is 0 Å². The van der Waals surface area contributed by atoms with Gasteiger partial charge in [0.2, 0.25) is 0 Å². The summed E-state index contributed by atoms with van der Waals surface area (Å²) in [5, 5.41) is 3.02. The average Bonchev–Trinajstić information content (AvgIpc) is 2.38. The van der Waals surface area contributed by atoms with Crippen molar-refractivity contribution in [3.05, 3.63) is 29.0 Å². The number of carbonyl (C=O) groups is 1. The molecule has 0 saturated heterocycles. The maximum atomic E-state index is 11.7. The van der Waals surface area contributed by atoms with Crippen LogP contribution in [0.5, 0.6) is 0 Å². The Hall–Kier alpha value is -1.13. The summed E-state index contributed by atoms with van der Waals surface area (Å²) in [6, 6.07) is 3.34. The molecule has 0 unspecified atom stereocenters. The molecule has 0 fully saturated rings. The minimum atomic E-state index is -0.193. The lowest BCUT2D eigenvalue weighted by molar-refractivity contribution is 0.0940. The number of rotatable bonds is 8. The zero-order valence-electron chi connectivity index (χ0n) is 10.6. The second kappa shape index (κ2) is 8.89. The molecule has 0 bridgehead atoms. The van der Waals surface area contributed by atoms with Crippen LogP contribution in [0.2, 0.25) is 5.15 Å². The molecule has 0 aromatic carbocycles. The Kier molecular flexibility index (Phi) is 7.37. The molecule has 1 amide bonds. The molecule has 0 radical (unpaired) electrons. The van der Waals surface area contributed by atoms with E-state index in [0.717, 1.165) is 25.9 Å². The fraction of sp³-hybridized carbons (Fsp3) is 0.538. The lowest BCUT2D eigenvalue weighted by Crippen LogP contribution is -2.25. The van der Waals surface area contributed by atoms with Crippen molar-refractivity contribution in [3.63, 3.8) is 0 Å². The Balaban J connectivity index is 2.16. The van der Waals surface area contributed by atoms with Gasteiger partial charge in [-0.15, -0.1) is 0 Å². The largest absolute Gasteiger partial charge is 0.381 e. The van der Waals surface area contributed by atoms with E-state index < -0.39 is 0 Å². The third-order valence-corrected chi connectivity index (χ3v) is 2.70. The highest BCUT2D eigenvalue weighted by molar-refractivity contribution is 6.32. The topological polar surface area (TPSA) is 51.2 Å². The van der Waals surface area contributed by atoms with Crippen LogP contribution in [-0.4, -0.2) is 30.6 Å². The molecular weight excluding hydrogens is 252 g/mol. The molecule has 18 heavy (non-hydrogen) atoms. The van der Waals surface area contributed by atoms with Gasteiger partial charge in [-0.05, 0) is 25.0 Å². The van der Waals surface area contributed by atoms with Gasteiger partial charge in [0.05, 0.1) is 5.56 Å². The Bertz CT molecular complexity index is 372. The summed E-state index contributed by atoms with van der Waals surface area (Å²) in [4.78, 5) is 15.6. The fourth-order valence-electron chi connectivity index (χ4n) is 1.38. The van der Waals surface area contributed by atoms with E-state index in [0.29, 0.717) is 18.7 Å². The first-order valence-corrected chi connectivity index (χ1v) is 6.60. The number of unbranched alkanes of at least 4 members (excludes halogenated alkanes) is 1. The maximum Gasteiger partial charge on any atom is 0.254 e. The van der Waals surface area contributed by atoms with E-state index in [1.54, 1.807) is 18.3 Å². The second-order valence-corrected chi connectivity index (χ2v) is 4.28. The zero-order chi connectivity index (χ0) is 13.2. The minimum absolute atomic E-state index is 0.193. The van der Waals surface area contributed by atoms with Crippen molar-refractivity contribution >= 4 is 17.5 Å². The molecule has 5 heteroatoms. The number of carbonyl (C=O) groups excluding carboxylic acids is 1. The number of amides is 1. The molecule has 1 aromatic rings. The SMILES string of the molecule is CCCCOCCCNC(=O)c1cccnc1Cl. The van der Waals surface area contributed by atoms with Crippen molar-refractivity contribution in [1.29, 1.82) is 0 Å². The van der Waals surface area contributed by atoms with Gasteiger partial charge in [0, 0.05) is 26.0 Å². The highest BCUT2D eigenvalue weighted by Crippen LogP contribution is 2.10. The molecule has 1 heterocycles. The summed E-state index contributed by atoms with van der Waals surface area (Å²) in [5.74, 6) is -0.193. The smallest absolute Gasteiger partial charge is 0.254 e. The first-order valence-electron chi connectivity index (χ1n) is 6.22. The number of ether oxygens (including phenoxy) is 1. The van der Waals surface area contributed by atoms with Crippen LogP contribution in [0.3, 0.4) is 0 Å². The molecule has 0 spiro atoms. The van der Waals surface area contributed by atoms with E-state index in [4.69, 9.17) is 16.3 Å². The molecular formula is C13H19ClN2O2. The van der Waals surface area contributed by atoms with Crippen molar-refractivity contribution in [1.82, 2.24) is 10.3 Å². The summed E-state index contributed by atoms with van der Waals surface area (Å²) >= 11 is 5.82. The number of nitrogens with one attached hydrogen (secondary N) is 1. The quantitative estimate of drug-likeness (QED) is 0.584. The van der Waals surface area contributed by atoms with Crippen molar-refractivity contribution in [2.75, 3.05) is 19.8 Å². The van der Waals surface area contributed by atoms with Crippen LogP contribution in [0.1, 0.15) is 36.5 Å². The zero-order valence-corrected chi connectivity index (χ0v) is 11.4. The highest BCUT2D eigenvalue weighted by Gasteiger charge is 2.09. The first-order chi connectivity index (χ1) is 8.75. The van der Waals surface area contributed by atoms with Gasteiger partial charge in [0.1, 0.15) is 5.15 Å². The summed E-state index contributed by atoms with van der Waals surface area (Å²) in [6.45, 7) is 4.16. The number of hydrogen-bond donors (Lipinski definition) is 1.